The maximum Gasteiger partial charge on any atom is 0.488 e. The third kappa shape index (κ3) is 4.48. The first-order valence-electron chi connectivity index (χ1n) is 8.83. The topological polar surface area (TPSA) is 52.8 Å². The smallest absolute Gasteiger partial charge is 0.423 e. The van der Waals surface area contributed by atoms with E-state index >= 15 is 0 Å². The molecule has 3 nitrogen and oxygen atoms in total. The van der Waals surface area contributed by atoms with Gasteiger partial charge in [-0.25, -0.2) is 0 Å². The molecular weight excluding hydrogens is 321 g/mol. The summed E-state index contributed by atoms with van der Waals surface area (Å²) in [5.74, 6) is 0. The van der Waals surface area contributed by atoms with Gasteiger partial charge < -0.3 is 10.0 Å². The number of hydrogen-bond donors (Lipinski definition) is 2. The van der Waals surface area contributed by atoms with Crippen LogP contribution in [-0.4, -0.2) is 22.9 Å². The first kappa shape index (κ1) is 18.1. The summed E-state index contributed by atoms with van der Waals surface area (Å²) in [4.78, 5) is 4.92. The molecule has 2 N–H and O–H groups in total. The zero-order chi connectivity index (χ0) is 18.4. The van der Waals surface area contributed by atoms with Gasteiger partial charge in [-0.2, -0.15) is 0 Å². The molecule has 3 rings (SSSR count). The molecule has 0 saturated heterocycles. The molecule has 0 aromatic heterocycles. The molecule has 3 aromatic carbocycles. The average Bonchev–Trinajstić information content (AvgIpc) is 2.68. The molecule has 4 heteroatoms. The van der Waals surface area contributed by atoms with Crippen molar-refractivity contribution >= 4 is 24.0 Å². The third-order valence-corrected chi connectivity index (χ3v) is 4.33. The van der Waals surface area contributed by atoms with Gasteiger partial charge in [-0.3, -0.25) is 4.99 Å². The second-order valence-electron chi connectivity index (χ2n) is 6.20. The summed E-state index contributed by atoms with van der Waals surface area (Å²) in [6.45, 7) is 2.11. The van der Waals surface area contributed by atoms with Gasteiger partial charge in [-0.1, -0.05) is 79.7 Å². The van der Waals surface area contributed by atoms with Crippen molar-refractivity contribution < 1.29 is 10.0 Å². The Morgan fingerprint density at radius 2 is 1.62 bits per heavy atom. The Kier molecular flexibility index (Phi) is 6.00. The van der Waals surface area contributed by atoms with Crippen LogP contribution in [0.1, 0.15) is 30.0 Å². The minimum Gasteiger partial charge on any atom is -0.423 e. The summed E-state index contributed by atoms with van der Waals surface area (Å²) in [6, 6.07) is 25.7. The summed E-state index contributed by atoms with van der Waals surface area (Å²) in [7, 11) is -1.45. The van der Waals surface area contributed by atoms with Gasteiger partial charge in [-0.15, -0.1) is 0 Å². The van der Waals surface area contributed by atoms with Crippen LogP contribution in [0, 0.1) is 0 Å². The number of aliphatic imine (C=N–C) groups is 1. The summed E-state index contributed by atoms with van der Waals surface area (Å²) in [5.41, 5.74) is 5.77. The molecule has 0 unspecified atom stereocenters. The monoisotopic (exact) mass is 343 g/mol. The fourth-order valence-corrected chi connectivity index (χ4v) is 2.98. The fourth-order valence-electron chi connectivity index (χ4n) is 2.98. The molecule has 0 bridgehead atoms. The second kappa shape index (κ2) is 8.61. The molecule has 0 saturated carbocycles. The Labute approximate surface area is 154 Å². The van der Waals surface area contributed by atoms with Gasteiger partial charge in [0.2, 0.25) is 0 Å². The fraction of sp³-hybridized carbons (Fsp3) is 0.136. The highest BCUT2D eigenvalue weighted by atomic mass is 16.4. The van der Waals surface area contributed by atoms with Crippen LogP contribution in [0.2, 0.25) is 0 Å². The highest BCUT2D eigenvalue weighted by molar-refractivity contribution is 6.58. The molecule has 0 aliphatic carbocycles. The van der Waals surface area contributed by atoms with Crippen molar-refractivity contribution in [3.05, 3.63) is 95.6 Å². The van der Waals surface area contributed by atoms with E-state index in [1.807, 2.05) is 54.6 Å². The van der Waals surface area contributed by atoms with E-state index in [1.165, 1.54) is 0 Å². The van der Waals surface area contributed by atoms with Crippen LogP contribution in [0.4, 0.5) is 5.69 Å². The highest BCUT2D eigenvalue weighted by Gasteiger charge is 2.11. The van der Waals surface area contributed by atoms with Gasteiger partial charge >= 0.3 is 7.12 Å². The van der Waals surface area contributed by atoms with Gasteiger partial charge in [0.15, 0.2) is 0 Å². The predicted molar refractivity (Wildman–Crippen MR) is 108 cm³/mol. The van der Waals surface area contributed by atoms with Crippen LogP contribution in [0.15, 0.2) is 83.9 Å². The lowest BCUT2D eigenvalue weighted by molar-refractivity contribution is 0.425. The standard InChI is InChI=1S/C22H22BNO2/c1-2-21(18-10-4-3-5-11-18)24-22-14-7-6-12-19(22)15-17-9-8-13-20(16-17)23(25)26/h3-14,16,25-26H,2,15H2,1H3/b24-21+. The molecule has 0 spiro atoms. The predicted octanol–water partition coefficient (Wildman–Crippen LogP) is 3.49. The Hall–Kier alpha value is -2.69. The number of nitrogens with zero attached hydrogens (tertiary/aromatic N) is 1. The van der Waals surface area contributed by atoms with E-state index in [0.29, 0.717) is 11.9 Å². The van der Waals surface area contributed by atoms with Gasteiger partial charge in [0, 0.05) is 5.71 Å². The van der Waals surface area contributed by atoms with Crippen LogP contribution in [-0.2, 0) is 6.42 Å². The molecular formula is C22H22BNO2. The van der Waals surface area contributed by atoms with E-state index < -0.39 is 7.12 Å². The molecule has 0 atom stereocenters. The maximum absolute atomic E-state index is 9.38. The summed E-state index contributed by atoms with van der Waals surface area (Å²) in [5, 5.41) is 18.8. The first-order valence-corrected chi connectivity index (χ1v) is 8.83. The minimum atomic E-state index is -1.45. The lowest BCUT2D eigenvalue weighted by Gasteiger charge is -2.10. The molecule has 0 fully saturated rings. The normalized spacial score (nSPS) is 11.4. The Bertz CT molecular complexity index is 891. The van der Waals surface area contributed by atoms with Gasteiger partial charge in [0.1, 0.15) is 0 Å². The zero-order valence-electron chi connectivity index (χ0n) is 14.8. The summed E-state index contributed by atoms with van der Waals surface area (Å²) < 4.78 is 0. The Morgan fingerprint density at radius 3 is 2.35 bits per heavy atom. The van der Waals surface area contributed by atoms with Crippen molar-refractivity contribution in [1.82, 2.24) is 0 Å². The van der Waals surface area contributed by atoms with Crippen molar-refractivity contribution in [2.24, 2.45) is 4.99 Å². The maximum atomic E-state index is 9.38. The van der Waals surface area contributed by atoms with Gasteiger partial charge in [0.25, 0.3) is 0 Å². The molecule has 26 heavy (non-hydrogen) atoms. The highest BCUT2D eigenvalue weighted by Crippen LogP contribution is 2.23. The van der Waals surface area contributed by atoms with Crippen molar-refractivity contribution in [2.45, 2.75) is 19.8 Å². The van der Waals surface area contributed by atoms with E-state index in [2.05, 4.69) is 25.1 Å². The number of rotatable bonds is 6. The van der Waals surface area contributed by atoms with Gasteiger partial charge in [-0.05, 0) is 41.1 Å². The largest absolute Gasteiger partial charge is 0.488 e. The number of benzene rings is 3. The summed E-state index contributed by atoms with van der Waals surface area (Å²) in [6.07, 6.45) is 1.54. The minimum absolute atomic E-state index is 0.502. The van der Waals surface area contributed by atoms with Gasteiger partial charge in [0.05, 0.1) is 5.69 Å². The zero-order valence-corrected chi connectivity index (χ0v) is 14.8. The van der Waals surface area contributed by atoms with Crippen LogP contribution < -0.4 is 5.46 Å². The van der Waals surface area contributed by atoms with E-state index in [-0.39, 0.29) is 0 Å². The van der Waals surface area contributed by atoms with E-state index in [1.54, 1.807) is 6.07 Å². The van der Waals surface area contributed by atoms with Crippen LogP contribution >= 0.6 is 0 Å². The second-order valence-corrected chi connectivity index (χ2v) is 6.20. The van der Waals surface area contributed by atoms with Crippen molar-refractivity contribution in [3.63, 3.8) is 0 Å². The number of para-hydroxylation sites is 1. The first-order chi connectivity index (χ1) is 12.7. The molecule has 130 valence electrons. The molecule has 0 heterocycles. The molecule has 0 radical (unpaired) electrons. The number of hydrogen-bond acceptors (Lipinski definition) is 3. The molecule has 0 aliphatic heterocycles. The van der Waals surface area contributed by atoms with E-state index in [9.17, 15) is 10.0 Å². The SMILES string of the molecule is CC/C(=N\c1ccccc1Cc1cccc(B(O)O)c1)c1ccccc1. The molecule has 0 amide bonds. The lowest BCUT2D eigenvalue weighted by atomic mass is 9.79. The quantitative estimate of drug-likeness (QED) is 0.532. The van der Waals surface area contributed by atoms with Crippen molar-refractivity contribution in [3.8, 4) is 0 Å². The van der Waals surface area contributed by atoms with Crippen LogP contribution in [0.25, 0.3) is 0 Å². The van der Waals surface area contributed by atoms with Crippen molar-refractivity contribution in [1.29, 1.82) is 0 Å². The van der Waals surface area contributed by atoms with E-state index in [4.69, 9.17) is 4.99 Å². The van der Waals surface area contributed by atoms with E-state index in [0.717, 1.165) is 34.5 Å². The van der Waals surface area contributed by atoms with Crippen LogP contribution in [0.3, 0.4) is 0 Å². The summed E-state index contributed by atoms with van der Waals surface area (Å²) >= 11 is 0. The average molecular weight is 343 g/mol. The van der Waals surface area contributed by atoms with Crippen LogP contribution in [0.5, 0.6) is 0 Å². The molecule has 0 aliphatic rings. The molecule has 3 aromatic rings. The van der Waals surface area contributed by atoms with Crippen molar-refractivity contribution in [2.75, 3.05) is 0 Å². The lowest BCUT2D eigenvalue weighted by Crippen LogP contribution is -2.29. The third-order valence-electron chi connectivity index (χ3n) is 4.33. The Morgan fingerprint density at radius 1 is 0.885 bits per heavy atom. The Balaban J connectivity index is 1.93.